The summed E-state index contributed by atoms with van der Waals surface area (Å²) in [7, 11) is 1.68. The Morgan fingerprint density at radius 3 is 2.15 bits per heavy atom. The van der Waals surface area contributed by atoms with Crippen molar-refractivity contribution >= 4 is 64.6 Å². The lowest BCUT2D eigenvalue weighted by Gasteiger charge is -2.39. The molecule has 0 aliphatic carbocycles. The molecule has 4 atom stereocenters. The van der Waals surface area contributed by atoms with Crippen molar-refractivity contribution < 1.29 is 9.84 Å². The van der Waals surface area contributed by atoms with Crippen LogP contribution in [0, 0.1) is 0 Å². The zero-order valence-corrected chi connectivity index (χ0v) is 33.9. The van der Waals surface area contributed by atoms with Gasteiger partial charge in [0, 0.05) is 53.1 Å². The first-order valence-electron chi connectivity index (χ1n) is 18.4. The fourth-order valence-corrected chi connectivity index (χ4v) is 9.17. The van der Waals surface area contributed by atoms with Gasteiger partial charge in [0.2, 0.25) is 5.88 Å². The molecule has 276 valence electrons. The van der Waals surface area contributed by atoms with Crippen LogP contribution in [-0.4, -0.2) is 65.3 Å². The number of piperazine rings is 1. The fraction of sp³-hybridized carbons (Fsp3) is 0.311. The predicted molar refractivity (Wildman–Crippen MR) is 232 cm³/mol. The Balaban J connectivity index is 0.00000240. The Morgan fingerprint density at radius 1 is 0.755 bits per heavy atom. The number of hydrogen-bond acceptors (Lipinski definition) is 5. The monoisotopic (exact) mass is 807 g/mol. The van der Waals surface area contributed by atoms with Crippen LogP contribution in [0.15, 0.2) is 132 Å². The van der Waals surface area contributed by atoms with Crippen LogP contribution in [0.5, 0.6) is 5.88 Å². The van der Waals surface area contributed by atoms with Gasteiger partial charge in [0.05, 0.1) is 12.6 Å². The first-order chi connectivity index (χ1) is 25.0. The third kappa shape index (κ3) is 8.34. The van der Waals surface area contributed by atoms with E-state index in [1.807, 2.05) is 18.2 Å². The average molecular weight is 809 g/mol. The van der Waals surface area contributed by atoms with Crippen LogP contribution in [0.2, 0.25) is 0 Å². The topological polar surface area (TPSA) is 48.8 Å². The molecule has 1 aromatic heterocycles. The number of hydrogen-bond donors (Lipinski definition) is 1. The van der Waals surface area contributed by atoms with Gasteiger partial charge < -0.3 is 9.84 Å². The maximum absolute atomic E-state index is 13.4. The van der Waals surface area contributed by atoms with Crippen molar-refractivity contribution in [3.05, 3.63) is 154 Å². The summed E-state index contributed by atoms with van der Waals surface area (Å²) in [6.45, 7) is 4.52. The highest BCUT2D eigenvalue weighted by Crippen LogP contribution is 2.48. The quantitative estimate of drug-likeness (QED) is 0.118. The van der Waals surface area contributed by atoms with Gasteiger partial charge in [-0.3, -0.25) is 9.80 Å². The Labute approximate surface area is 336 Å². The molecule has 1 N–H and O–H groups in total. The average Bonchev–Trinajstić information content (AvgIpc) is 3.77. The number of fused-ring (bicyclic) bond motifs is 4. The molecule has 4 unspecified atom stereocenters. The molecule has 6 aromatic rings. The van der Waals surface area contributed by atoms with Crippen molar-refractivity contribution in [3.8, 4) is 5.88 Å². The summed E-state index contributed by atoms with van der Waals surface area (Å²) < 4.78 is 7.01. The van der Waals surface area contributed by atoms with Gasteiger partial charge in [-0.25, -0.2) is 4.98 Å². The van der Waals surface area contributed by atoms with Crippen molar-refractivity contribution in [2.24, 2.45) is 0 Å². The third-order valence-electron chi connectivity index (χ3n) is 11.4. The van der Waals surface area contributed by atoms with E-state index in [0.717, 1.165) is 81.7 Å². The lowest BCUT2D eigenvalue weighted by molar-refractivity contribution is 0.00626. The molecule has 2 bridgehead atoms. The van der Waals surface area contributed by atoms with Crippen molar-refractivity contribution in [3.63, 3.8) is 0 Å². The Hall–Kier alpha value is -3.37. The zero-order chi connectivity index (χ0) is 34.8. The maximum atomic E-state index is 13.4. The summed E-state index contributed by atoms with van der Waals surface area (Å²) in [5, 5.41) is 16.7. The van der Waals surface area contributed by atoms with E-state index in [9.17, 15) is 5.11 Å². The molecule has 2 saturated heterocycles. The second kappa shape index (κ2) is 17.4. The second-order valence-corrected chi connectivity index (χ2v) is 15.4. The number of aromatic nitrogens is 1. The molecule has 5 aromatic carbocycles. The van der Waals surface area contributed by atoms with Gasteiger partial charge in [0.1, 0.15) is 5.60 Å². The van der Waals surface area contributed by atoms with E-state index < -0.39 is 11.5 Å². The molecule has 53 heavy (non-hydrogen) atoms. The highest BCUT2D eigenvalue weighted by atomic mass is 79.9. The van der Waals surface area contributed by atoms with Crippen LogP contribution in [-0.2, 0) is 12.0 Å². The molecule has 2 aliphatic rings. The smallest absolute Gasteiger partial charge is 0.217 e. The Morgan fingerprint density at radius 2 is 1.43 bits per heavy atom. The molecule has 2 fully saturated rings. The minimum absolute atomic E-state index is 0. The van der Waals surface area contributed by atoms with Gasteiger partial charge in [0.15, 0.2) is 0 Å². The predicted octanol–water partition coefficient (Wildman–Crippen LogP) is 9.58. The summed E-state index contributed by atoms with van der Waals surface area (Å²) in [6, 6.07) is 45.7. The molecular weight excluding hydrogens is 759 g/mol. The van der Waals surface area contributed by atoms with Gasteiger partial charge in [0.25, 0.3) is 0 Å². The number of ether oxygens (including phenoxy) is 1. The number of rotatable bonds is 13. The Bertz CT molecular complexity index is 2120. The van der Waals surface area contributed by atoms with Gasteiger partial charge in [-0.2, -0.15) is 27.0 Å². The molecule has 8 heteroatoms. The van der Waals surface area contributed by atoms with Gasteiger partial charge in [-0.05, 0) is 96.4 Å². The van der Waals surface area contributed by atoms with E-state index in [-0.39, 0.29) is 27.0 Å². The minimum atomic E-state index is -1.22. The molecule has 0 radical (unpaired) electrons. The number of aliphatic hydroxyl groups is 1. The molecule has 0 saturated carbocycles. The van der Waals surface area contributed by atoms with Crippen LogP contribution < -0.4 is 4.74 Å². The standard InChI is InChI=1S/C45H46BrN3O2.2H2S/c1-51-44-41(28-36-27-38(46)20-21-42(36)47-44)43(34-15-6-3-7-16-34)45(50,37-19-18-33-14-8-9-17-35(33)26-37)23-10-11-24-48-30-40-29-39(48)31-49(40)25-22-32-12-4-2-5-13-32;;/h2-9,12-21,26-28,39-40,43,50H,10-11,22-25,29-31H2,1H3;2*1H2. The van der Waals surface area contributed by atoms with Gasteiger partial charge >= 0.3 is 0 Å². The van der Waals surface area contributed by atoms with Crippen molar-refractivity contribution in [1.82, 2.24) is 14.8 Å². The van der Waals surface area contributed by atoms with E-state index in [0.29, 0.717) is 24.4 Å². The second-order valence-electron chi connectivity index (χ2n) is 14.5. The number of benzene rings is 5. The fourth-order valence-electron chi connectivity index (χ4n) is 8.79. The van der Waals surface area contributed by atoms with Crippen LogP contribution in [0.3, 0.4) is 0 Å². The SMILES string of the molecule is COc1nc2ccc(Br)cc2cc1C(c1ccccc1)C(O)(CCCCN1CC2CC1CN2CCc1ccccc1)c1ccc2ccccc2c1.S.S. The molecule has 0 spiro atoms. The minimum Gasteiger partial charge on any atom is -0.481 e. The first kappa shape index (κ1) is 39.3. The van der Waals surface area contributed by atoms with Gasteiger partial charge in [-0.1, -0.05) is 113 Å². The highest BCUT2D eigenvalue weighted by molar-refractivity contribution is 9.10. The highest BCUT2D eigenvalue weighted by Gasteiger charge is 2.44. The summed E-state index contributed by atoms with van der Waals surface area (Å²) in [5.74, 6) is 0.134. The first-order valence-corrected chi connectivity index (χ1v) is 19.2. The van der Waals surface area contributed by atoms with E-state index in [4.69, 9.17) is 9.72 Å². The van der Waals surface area contributed by atoms with E-state index >= 15 is 0 Å². The van der Waals surface area contributed by atoms with Crippen LogP contribution in [0.4, 0.5) is 0 Å². The van der Waals surface area contributed by atoms with E-state index in [1.54, 1.807) is 7.11 Å². The normalized spacial score (nSPS) is 18.7. The summed E-state index contributed by atoms with van der Waals surface area (Å²) in [6.07, 6.45) is 4.93. The van der Waals surface area contributed by atoms with Crippen LogP contribution >= 0.6 is 42.9 Å². The number of halogens is 1. The molecule has 8 rings (SSSR count). The lowest BCUT2D eigenvalue weighted by atomic mass is 9.71. The summed E-state index contributed by atoms with van der Waals surface area (Å²) in [4.78, 5) is 10.4. The van der Waals surface area contributed by atoms with Gasteiger partial charge in [-0.15, -0.1) is 0 Å². The number of unbranched alkanes of at least 4 members (excludes halogenated alkanes) is 1. The number of nitrogens with zero attached hydrogens (tertiary/aromatic N) is 3. The molecule has 2 aliphatic heterocycles. The molecule has 5 nitrogen and oxygen atoms in total. The molecular formula is C45H50BrN3O2S2. The van der Waals surface area contributed by atoms with E-state index in [1.165, 1.54) is 18.5 Å². The zero-order valence-electron chi connectivity index (χ0n) is 30.3. The summed E-state index contributed by atoms with van der Waals surface area (Å²) >= 11 is 3.66. The molecule has 3 heterocycles. The Kier molecular flexibility index (Phi) is 12.9. The number of likely N-dealkylation sites (tertiary alicyclic amines) is 2. The summed E-state index contributed by atoms with van der Waals surface area (Å²) in [5.41, 5.74) is 3.90. The molecule has 0 amide bonds. The van der Waals surface area contributed by atoms with Crippen molar-refractivity contribution in [2.45, 2.75) is 55.7 Å². The van der Waals surface area contributed by atoms with E-state index in [2.05, 4.69) is 135 Å². The van der Waals surface area contributed by atoms with Crippen molar-refractivity contribution in [2.75, 3.05) is 33.3 Å². The third-order valence-corrected chi connectivity index (χ3v) is 11.9. The maximum Gasteiger partial charge on any atom is 0.217 e. The van der Waals surface area contributed by atoms with Crippen LogP contribution in [0.25, 0.3) is 21.7 Å². The van der Waals surface area contributed by atoms with Crippen molar-refractivity contribution in [1.29, 1.82) is 0 Å². The number of methoxy groups -OCH3 is 1. The van der Waals surface area contributed by atoms with Crippen LogP contribution in [0.1, 0.15) is 53.9 Å². The number of pyridine rings is 1. The largest absolute Gasteiger partial charge is 0.481 e. The lowest BCUT2D eigenvalue weighted by Crippen LogP contribution is -2.47.